The molecule has 2 aromatic rings. The Kier molecular flexibility index (Phi) is 5.03. The van der Waals surface area contributed by atoms with Gasteiger partial charge in [-0.25, -0.2) is 4.39 Å². The van der Waals surface area contributed by atoms with Crippen LogP contribution in [-0.4, -0.2) is 29.4 Å². The van der Waals surface area contributed by atoms with Crippen LogP contribution in [0.15, 0.2) is 48.5 Å². The average molecular weight is 348 g/mol. The van der Waals surface area contributed by atoms with Crippen molar-refractivity contribution >= 4 is 34.8 Å². The first-order chi connectivity index (χ1) is 11.2. The van der Waals surface area contributed by atoms with Gasteiger partial charge in [0.1, 0.15) is 16.9 Å². The van der Waals surface area contributed by atoms with Crippen molar-refractivity contribution < 1.29 is 9.13 Å². The Hall–Kier alpha value is -1.79. The summed E-state index contributed by atoms with van der Waals surface area (Å²) in [7, 11) is 1.66. The first-order valence-corrected chi connectivity index (χ1v) is 8.72. The molecule has 3 rings (SSSR count). The van der Waals surface area contributed by atoms with Crippen molar-refractivity contribution in [1.82, 2.24) is 4.90 Å². The molecule has 0 amide bonds. The number of hydrogen-bond donors (Lipinski definition) is 1. The summed E-state index contributed by atoms with van der Waals surface area (Å²) in [6.45, 7) is 0.883. The van der Waals surface area contributed by atoms with Crippen molar-refractivity contribution in [2.75, 3.05) is 24.7 Å². The van der Waals surface area contributed by atoms with E-state index in [-0.39, 0.29) is 11.2 Å². The molecule has 0 bridgehead atoms. The molecular weight excluding hydrogens is 331 g/mol. The van der Waals surface area contributed by atoms with E-state index >= 15 is 0 Å². The van der Waals surface area contributed by atoms with E-state index in [1.54, 1.807) is 19.2 Å². The highest BCUT2D eigenvalue weighted by molar-refractivity contribution is 7.99. The Bertz CT molecular complexity index is 676. The highest BCUT2D eigenvalue weighted by Gasteiger charge is 2.28. The molecule has 1 aliphatic rings. The second-order valence-corrected chi connectivity index (χ2v) is 6.70. The molecular formula is C17H17FN2OS2. The molecule has 0 spiro atoms. The van der Waals surface area contributed by atoms with Gasteiger partial charge in [-0.15, -0.1) is 11.8 Å². The zero-order chi connectivity index (χ0) is 16.2. The van der Waals surface area contributed by atoms with Gasteiger partial charge in [0, 0.05) is 18.0 Å². The van der Waals surface area contributed by atoms with E-state index in [4.69, 9.17) is 17.0 Å². The third kappa shape index (κ3) is 3.76. The minimum atomic E-state index is -0.255. The SMILES string of the molecule is COc1ccc([C@@H]2SCCN2C(=S)Nc2ccc(F)cc2)cc1. The smallest absolute Gasteiger partial charge is 0.174 e. The van der Waals surface area contributed by atoms with Crippen LogP contribution in [0.3, 0.4) is 0 Å². The molecule has 1 heterocycles. The van der Waals surface area contributed by atoms with E-state index < -0.39 is 0 Å². The number of thiocarbonyl (C=S) groups is 1. The van der Waals surface area contributed by atoms with Crippen LogP contribution in [0.4, 0.5) is 10.1 Å². The van der Waals surface area contributed by atoms with Gasteiger partial charge in [-0.1, -0.05) is 12.1 Å². The van der Waals surface area contributed by atoms with E-state index in [9.17, 15) is 4.39 Å². The molecule has 0 unspecified atom stereocenters. The molecule has 0 aliphatic carbocycles. The molecule has 1 fully saturated rings. The summed E-state index contributed by atoms with van der Waals surface area (Å²) >= 11 is 7.39. The van der Waals surface area contributed by atoms with Crippen molar-refractivity contribution in [2.45, 2.75) is 5.37 Å². The summed E-state index contributed by atoms with van der Waals surface area (Å²) in [4.78, 5) is 2.16. The van der Waals surface area contributed by atoms with Gasteiger partial charge in [-0.05, 0) is 54.2 Å². The van der Waals surface area contributed by atoms with Crippen LogP contribution in [0.1, 0.15) is 10.9 Å². The Morgan fingerprint density at radius 1 is 1.22 bits per heavy atom. The second-order valence-electron chi connectivity index (χ2n) is 5.13. The van der Waals surface area contributed by atoms with E-state index in [0.717, 1.165) is 23.7 Å². The topological polar surface area (TPSA) is 24.5 Å². The number of ether oxygens (including phenoxy) is 1. The van der Waals surface area contributed by atoms with Gasteiger partial charge < -0.3 is 15.0 Å². The number of hydrogen-bond acceptors (Lipinski definition) is 3. The van der Waals surface area contributed by atoms with Gasteiger partial charge in [-0.3, -0.25) is 0 Å². The Labute approximate surface area is 144 Å². The Morgan fingerprint density at radius 3 is 2.57 bits per heavy atom. The number of halogens is 1. The minimum Gasteiger partial charge on any atom is -0.497 e. The lowest BCUT2D eigenvalue weighted by atomic mass is 10.2. The summed E-state index contributed by atoms with van der Waals surface area (Å²) < 4.78 is 18.2. The van der Waals surface area contributed by atoms with Crippen molar-refractivity contribution in [3.63, 3.8) is 0 Å². The molecule has 1 saturated heterocycles. The number of nitrogens with one attached hydrogen (secondary N) is 1. The van der Waals surface area contributed by atoms with Crippen LogP contribution in [0.25, 0.3) is 0 Å². The molecule has 3 nitrogen and oxygen atoms in total. The Morgan fingerprint density at radius 2 is 1.91 bits per heavy atom. The molecule has 23 heavy (non-hydrogen) atoms. The molecule has 6 heteroatoms. The zero-order valence-corrected chi connectivity index (χ0v) is 14.3. The monoisotopic (exact) mass is 348 g/mol. The fourth-order valence-corrected chi connectivity index (χ4v) is 4.10. The standard InChI is InChI=1S/C17H17FN2OS2/c1-21-15-8-2-12(3-9-15)16-20(10-11-23-16)17(22)19-14-6-4-13(18)5-7-14/h2-9,16H,10-11H2,1H3,(H,19,22)/t16-/m0/s1. The third-order valence-electron chi connectivity index (χ3n) is 3.65. The third-order valence-corrected chi connectivity index (χ3v) is 5.25. The summed E-state index contributed by atoms with van der Waals surface area (Å²) in [5.74, 6) is 1.60. The highest BCUT2D eigenvalue weighted by atomic mass is 32.2. The van der Waals surface area contributed by atoms with Crippen molar-refractivity contribution in [3.05, 3.63) is 59.9 Å². The fourth-order valence-electron chi connectivity index (χ4n) is 2.45. The van der Waals surface area contributed by atoms with Gasteiger partial charge >= 0.3 is 0 Å². The molecule has 120 valence electrons. The summed E-state index contributed by atoms with van der Waals surface area (Å²) in [5, 5.41) is 4.02. The highest BCUT2D eigenvalue weighted by Crippen LogP contribution is 2.38. The van der Waals surface area contributed by atoms with Crippen molar-refractivity contribution in [1.29, 1.82) is 0 Å². The van der Waals surface area contributed by atoms with Gasteiger partial charge in [0.05, 0.1) is 7.11 Å². The van der Waals surface area contributed by atoms with E-state index in [1.807, 2.05) is 23.9 Å². The number of methoxy groups -OCH3 is 1. The number of anilines is 1. The second kappa shape index (κ2) is 7.19. The first-order valence-electron chi connectivity index (χ1n) is 7.26. The maximum atomic E-state index is 13.0. The van der Waals surface area contributed by atoms with Gasteiger partial charge in [0.2, 0.25) is 0 Å². The van der Waals surface area contributed by atoms with Crippen LogP contribution in [0, 0.1) is 5.82 Å². The lowest BCUT2D eigenvalue weighted by Gasteiger charge is -2.27. The maximum absolute atomic E-state index is 13.0. The van der Waals surface area contributed by atoms with E-state index in [0.29, 0.717) is 5.11 Å². The van der Waals surface area contributed by atoms with Gasteiger partial charge in [-0.2, -0.15) is 0 Å². The van der Waals surface area contributed by atoms with E-state index in [1.165, 1.54) is 17.7 Å². The molecule has 1 N–H and O–H groups in total. The van der Waals surface area contributed by atoms with Crippen molar-refractivity contribution in [2.24, 2.45) is 0 Å². The first kappa shape index (κ1) is 16.1. The molecule has 0 aromatic heterocycles. The quantitative estimate of drug-likeness (QED) is 0.835. The van der Waals surface area contributed by atoms with Crippen LogP contribution >= 0.6 is 24.0 Å². The number of thioether (sulfide) groups is 1. The predicted molar refractivity (Wildman–Crippen MR) is 97.5 cm³/mol. The number of nitrogens with zero attached hydrogens (tertiary/aromatic N) is 1. The molecule has 0 saturated carbocycles. The average Bonchev–Trinajstić information content (AvgIpc) is 3.07. The van der Waals surface area contributed by atoms with Gasteiger partial charge in [0.25, 0.3) is 0 Å². The summed E-state index contributed by atoms with van der Waals surface area (Å²) in [5.41, 5.74) is 1.98. The molecule has 1 atom stereocenters. The predicted octanol–water partition coefficient (Wildman–Crippen LogP) is 4.28. The normalized spacial score (nSPS) is 17.1. The molecule has 2 aromatic carbocycles. The van der Waals surface area contributed by atoms with Crippen LogP contribution in [0.2, 0.25) is 0 Å². The van der Waals surface area contributed by atoms with Crippen LogP contribution in [-0.2, 0) is 0 Å². The minimum absolute atomic E-state index is 0.182. The van der Waals surface area contributed by atoms with Crippen LogP contribution in [0.5, 0.6) is 5.75 Å². The van der Waals surface area contributed by atoms with Crippen LogP contribution < -0.4 is 10.1 Å². The maximum Gasteiger partial charge on any atom is 0.174 e. The lowest BCUT2D eigenvalue weighted by Crippen LogP contribution is -2.34. The largest absolute Gasteiger partial charge is 0.497 e. The number of benzene rings is 2. The summed E-state index contributed by atoms with van der Waals surface area (Å²) in [6, 6.07) is 14.3. The van der Waals surface area contributed by atoms with Crippen molar-refractivity contribution in [3.8, 4) is 5.75 Å². The Balaban J connectivity index is 1.72. The molecule has 0 radical (unpaired) electrons. The zero-order valence-electron chi connectivity index (χ0n) is 12.7. The van der Waals surface area contributed by atoms with Gasteiger partial charge in [0.15, 0.2) is 5.11 Å². The lowest BCUT2D eigenvalue weighted by molar-refractivity contribution is 0.413. The summed E-state index contributed by atoms with van der Waals surface area (Å²) in [6.07, 6.45) is 0. The van der Waals surface area contributed by atoms with E-state index in [2.05, 4.69) is 22.3 Å². The number of rotatable bonds is 3. The molecule has 1 aliphatic heterocycles. The fraction of sp³-hybridized carbons (Fsp3) is 0.235.